The summed E-state index contributed by atoms with van der Waals surface area (Å²) in [6, 6.07) is 6.82. The first-order chi connectivity index (χ1) is 16.6. The molecule has 2 aromatic heterocycles. The van der Waals surface area contributed by atoms with Gasteiger partial charge in [0.25, 0.3) is 0 Å². The maximum absolute atomic E-state index is 9.23. The highest BCUT2D eigenvalue weighted by Crippen LogP contribution is 2.37. The topological polar surface area (TPSA) is 88.8 Å². The Hall–Kier alpha value is -2.46. The number of ether oxygens (including phenoxy) is 2. The second kappa shape index (κ2) is 8.96. The van der Waals surface area contributed by atoms with Crippen molar-refractivity contribution >= 4 is 28.3 Å². The molecule has 0 spiro atoms. The maximum Gasteiger partial charge on any atom is 0.320 e. The largest absolute Gasteiger partial charge is 0.467 e. The number of β-amino-alcohol motifs (C(OH)–C–C–N with tert-alkyl or cyclic N) is 1. The monoisotopic (exact) mass is 484 g/mol. The third-order valence-corrected chi connectivity index (χ3v) is 7.73. The van der Waals surface area contributed by atoms with Crippen LogP contribution in [-0.4, -0.2) is 88.4 Å². The van der Waals surface area contributed by atoms with Crippen LogP contribution in [0.25, 0.3) is 16.7 Å². The van der Waals surface area contributed by atoms with Gasteiger partial charge in [-0.15, -0.1) is 0 Å². The molecule has 9 nitrogen and oxygen atoms in total. The summed E-state index contributed by atoms with van der Waals surface area (Å²) >= 11 is 6.73. The van der Waals surface area contributed by atoms with Crippen LogP contribution in [0.1, 0.15) is 30.7 Å². The van der Waals surface area contributed by atoms with Crippen molar-refractivity contribution in [3.05, 3.63) is 35.0 Å². The van der Waals surface area contributed by atoms with E-state index in [9.17, 15) is 5.11 Å². The number of rotatable bonds is 6. The van der Waals surface area contributed by atoms with E-state index in [1.165, 1.54) is 0 Å². The van der Waals surface area contributed by atoms with E-state index in [4.69, 9.17) is 21.1 Å². The third kappa shape index (κ3) is 3.90. The summed E-state index contributed by atoms with van der Waals surface area (Å²) in [5.41, 5.74) is 2.12. The van der Waals surface area contributed by atoms with Gasteiger partial charge in [-0.05, 0) is 56.0 Å². The zero-order chi connectivity index (χ0) is 23.2. The van der Waals surface area contributed by atoms with Crippen molar-refractivity contribution in [3.63, 3.8) is 0 Å². The van der Waals surface area contributed by atoms with Crippen molar-refractivity contribution < 1.29 is 14.6 Å². The molecule has 6 rings (SSSR count). The molecule has 1 N–H and O–H groups in total. The van der Waals surface area contributed by atoms with Gasteiger partial charge in [0.1, 0.15) is 5.82 Å². The van der Waals surface area contributed by atoms with Crippen LogP contribution >= 0.6 is 11.6 Å². The maximum atomic E-state index is 9.23. The Bertz CT molecular complexity index is 1190. The molecule has 0 aliphatic carbocycles. The fraction of sp³-hybridized carbons (Fsp3) is 0.542. The number of aromatic nitrogens is 4. The lowest BCUT2D eigenvalue weighted by Crippen LogP contribution is -2.37. The molecule has 3 aromatic rings. The zero-order valence-electron chi connectivity index (χ0n) is 19.2. The van der Waals surface area contributed by atoms with Gasteiger partial charge in [-0.1, -0.05) is 11.6 Å². The number of piperidine rings is 1. The van der Waals surface area contributed by atoms with E-state index in [-0.39, 0.29) is 12.7 Å². The molecule has 3 fully saturated rings. The second-order valence-corrected chi connectivity index (χ2v) is 9.80. The van der Waals surface area contributed by atoms with Crippen LogP contribution in [0.3, 0.4) is 0 Å². The quantitative estimate of drug-likeness (QED) is 0.571. The molecule has 0 unspecified atom stereocenters. The smallest absolute Gasteiger partial charge is 0.320 e. The molecule has 180 valence electrons. The van der Waals surface area contributed by atoms with Gasteiger partial charge in [-0.25, -0.2) is 4.68 Å². The standard InChI is InChI=1S/C24H29ClN6O3/c1-33-24-27-22(30-13-18-9-17(30)14-34-18)11-23(28-24)31-21-10-19(20(25)8-16(21)12-26-31)15-2-4-29(5-3-15)6-7-32/h8,10-12,15,17-18,32H,2-7,9,13-14H2,1H3/t17-,18-/m1/s1. The number of morpholine rings is 1. The Morgan fingerprint density at radius 3 is 2.71 bits per heavy atom. The van der Waals surface area contributed by atoms with E-state index >= 15 is 0 Å². The number of benzene rings is 1. The molecule has 3 saturated heterocycles. The van der Waals surface area contributed by atoms with Crippen LogP contribution in [0.4, 0.5) is 5.82 Å². The van der Waals surface area contributed by atoms with Gasteiger partial charge < -0.3 is 24.4 Å². The van der Waals surface area contributed by atoms with Gasteiger partial charge in [0, 0.05) is 29.6 Å². The first-order valence-corrected chi connectivity index (χ1v) is 12.3. The molecule has 5 heterocycles. The molecule has 10 heteroatoms. The Labute approximate surface area is 203 Å². The van der Waals surface area contributed by atoms with E-state index in [2.05, 4.69) is 30.9 Å². The van der Waals surface area contributed by atoms with Crippen LogP contribution in [0.5, 0.6) is 6.01 Å². The summed E-state index contributed by atoms with van der Waals surface area (Å²) in [6.07, 6.45) is 5.17. The Morgan fingerprint density at radius 1 is 1.18 bits per heavy atom. The normalized spacial score (nSPS) is 23.3. The number of aliphatic hydroxyl groups is 1. The van der Waals surface area contributed by atoms with Gasteiger partial charge in [-0.2, -0.15) is 15.1 Å². The first-order valence-electron chi connectivity index (χ1n) is 11.9. The van der Waals surface area contributed by atoms with Crippen molar-refractivity contribution in [1.29, 1.82) is 0 Å². The number of fused-ring (bicyclic) bond motifs is 3. The van der Waals surface area contributed by atoms with E-state index < -0.39 is 0 Å². The van der Waals surface area contributed by atoms with E-state index in [0.717, 1.165) is 79.4 Å². The minimum Gasteiger partial charge on any atom is -0.467 e. The number of halogens is 1. The molecular formula is C24H29ClN6O3. The van der Waals surface area contributed by atoms with Gasteiger partial charge >= 0.3 is 6.01 Å². The van der Waals surface area contributed by atoms with Crippen LogP contribution in [0.15, 0.2) is 24.4 Å². The highest BCUT2D eigenvalue weighted by atomic mass is 35.5. The highest BCUT2D eigenvalue weighted by Gasteiger charge is 2.40. The van der Waals surface area contributed by atoms with Gasteiger partial charge in [-0.3, -0.25) is 0 Å². The SMILES string of the molecule is COc1nc(N2C[C@H]3C[C@@H]2CO3)cc(-n2ncc3cc(Cl)c(C4CCN(CCO)CC4)cc32)n1. The van der Waals surface area contributed by atoms with Crippen LogP contribution in [-0.2, 0) is 4.74 Å². The molecule has 3 aliphatic rings. The predicted molar refractivity (Wildman–Crippen MR) is 129 cm³/mol. The Morgan fingerprint density at radius 2 is 2.00 bits per heavy atom. The van der Waals surface area contributed by atoms with Crippen molar-refractivity contribution in [3.8, 4) is 11.8 Å². The number of aliphatic hydroxyl groups excluding tert-OH is 1. The van der Waals surface area contributed by atoms with E-state index in [0.29, 0.717) is 23.8 Å². The molecule has 2 atom stereocenters. The predicted octanol–water partition coefficient (Wildman–Crippen LogP) is 2.63. The number of likely N-dealkylation sites (tertiary alicyclic amines) is 1. The van der Waals surface area contributed by atoms with Crippen LogP contribution in [0, 0.1) is 0 Å². The van der Waals surface area contributed by atoms with Gasteiger partial charge in [0.05, 0.1) is 44.2 Å². The summed E-state index contributed by atoms with van der Waals surface area (Å²) in [4.78, 5) is 13.8. The molecule has 1 aromatic carbocycles. The van der Waals surface area contributed by atoms with Gasteiger partial charge in [0.2, 0.25) is 0 Å². The number of anilines is 1. The average molecular weight is 485 g/mol. The fourth-order valence-corrected chi connectivity index (χ4v) is 5.92. The van der Waals surface area contributed by atoms with E-state index in [1.54, 1.807) is 7.11 Å². The number of hydrogen-bond acceptors (Lipinski definition) is 8. The molecule has 34 heavy (non-hydrogen) atoms. The average Bonchev–Trinajstić information content (AvgIpc) is 3.60. The first kappa shape index (κ1) is 22.0. The van der Waals surface area contributed by atoms with Crippen molar-refractivity contribution in [2.45, 2.75) is 37.3 Å². The zero-order valence-corrected chi connectivity index (χ0v) is 20.0. The van der Waals surface area contributed by atoms with Crippen LogP contribution < -0.4 is 9.64 Å². The lowest BCUT2D eigenvalue weighted by atomic mass is 9.89. The minimum atomic E-state index is 0.201. The summed E-state index contributed by atoms with van der Waals surface area (Å²) in [6.45, 7) is 4.43. The lowest BCUT2D eigenvalue weighted by Gasteiger charge is -2.32. The van der Waals surface area contributed by atoms with Crippen molar-refractivity contribution in [2.24, 2.45) is 0 Å². The van der Waals surface area contributed by atoms with Crippen LogP contribution in [0.2, 0.25) is 5.02 Å². The lowest BCUT2D eigenvalue weighted by molar-refractivity contribution is 0.0988. The molecule has 0 amide bonds. The molecular weight excluding hydrogens is 456 g/mol. The number of hydrogen-bond donors (Lipinski definition) is 1. The fourth-order valence-electron chi connectivity index (χ4n) is 5.59. The Balaban J connectivity index is 1.35. The minimum absolute atomic E-state index is 0.201. The third-order valence-electron chi connectivity index (χ3n) is 7.40. The summed E-state index contributed by atoms with van der Waals surface area (Å²) in [5, 5.41) is 15.6. The summed E-state index contributed by atoms with van der Waals surface area (Å²) in [5.74, 6) is 1.89. The molecule has 3 aliphatic heterocycles. The molecule has 0 saturated carbocycles. The number of nitrogens with zero attached hydrogens (tertiary/aromatic N) is 6. The summed E-state index contributed by atoms with van der Waals surface area (Å²) in [7, 11) is 1.59. The van der Waals surface area contributed by atoms with E-state index in [1.807, 2.05) is 23.0 Å². The van der Waals surface area contributed by atoms with Gasteiger partial charge in [0.15, 0.2) is 5.82 Å². The second-order valence-electron chi connectivity index (χ2n) is 9.40. The summed E-state index contributed by atoms with van der Waals surface area (Å²) < 4.78 is 13.1. The molecule has 2 bridgehead atoms. The number of methoxy groups -OCH3 is 1. The highest BCUT2D eigenvalue weighted by molar-refractivity contribution is 6.32. The van der Waals surface area contributed by atoms with Crippen molar-refractivity contribution in [2.75, 3.05) is 51.4 Å². The molecule has 0 radical (unpaired) electrons. The Kier molecular flexibility index (Phi) is 5.81. The van der Waals surface area contributed by atoms with Crippen molar-refractivity contribution in [1.82, 2.24) is 24.6 Å².